The number of aromatic nitrogens is 2. The number of amides is 1. The SMILES string of the molecule is O=C(c1ccccc1-c1nc(-c2ccccc2)no1)N1CCN(c2ccccc2)CC1. The highest BCUT2D eigenvalue weighted by Gasteiger charge is 2.25. The van der Waals surface area contributed by atoms with E-state index in [0.29, 0.717) is 35.9 Å². The van der Waals surface area contributed by atoms with Gasteiger partial charge in [-0.05, 0) is 24.3 Å². The van der Waals surface area contributed by atoms with Crippen LogP contribution < -0.4 is 4.90 Å². The molecule has 0 saturated carbocycles. The molecule has 6 heteroatoms. The molecular formula is C25H22N4O2. The summed E-state index contributed by atoms with van der Waals surface area (Å²) in [4.78, 5) is 22.1. The number of benzene rings is 3. The molecule has 2 heterocycles. The summed E-state index contributed by atoms with van der Waals surface area (Å²) in [6.45, 7) is 2.94. The van der Waals surface area contributed by atoms with Crippen LogP contribution in [-0.2, 0) is 0 Å². The topological polar surface area (TPSA) is 62.5 Å². The molecule has 0 radical (unpaired) electrons. The van der Waals surface area contributed by atoms with Gasteiger partial charge in [-0.2, -0.15) is 4.98 Å². The van der Waals surface area contributed by atoms with Gasteiger partial charge in [-0.25, -0.2) is 0 Å². The minimum atomic E-state index is -0.0113. The van der Waals surface area contributed by atoms with Crippen molar-refractivity contribution in [1.82, 2.24) is 15.0 Å². The summed E-state index contributed by atoms with van der Waals surface area (Å²) in [5.74, 6) is 0.850. The normalized spacial score (nSPS) is 13.9. The molecule has 5 rings (SSSR count). The fourth-order valence-electron chi connectivity index (χ4n) is 3.87. The van der Waals surface area contributed by atoms with Crippen LogP contribution in [0.1, 0.15) is 10.4 Å². The lowest BCUT2D eigenvalue weighted by Gasteiger charge is -2.36. The van der Waals surface area contributed by atoms with Crippen molar-refractivity contribution in [2.45, 2.75) is 0 Å². The number of carbonyl (C=O) groups is 1. The Bertz CT molecular complexity index is 1170. The molecule has 0 unspecified atom stereocenters. The zero-order chi connectivity index (χ0) is 21.0. The second-order valence-electron chi connectivity index (χ2n) is 7.45. The predicted octanol–water partition coefficient (Wildman–Crippen LogP) is 4.37. The van der Waals surface area contributed by atoms with E-state index in [0.717, 1.165) is 18.7 Å². The number of carbonyl (C=O) groups excluding carboxylic acids is 1. The van der Waals surface area contributed by atoms with E-state index in [9.17, 15) is 4.79 Å². The van der Waals surface area contributed by atoms with Crippen LogP contribution in [0.2, 0.25) is 0 Å². The smallest absolute Gasteiger partial charge is 0.259 e. The molecular weight excluding hydrogens is 388 g/mol. The van der Waals surface area contributed by atoms with E-state index >= 15 is 0 Å². The van der Waals surface area contributed by atoms with E-state index in [-0.39, 0.29) is 5.91 Å². The zero-order valence-corrected chi connectivity index (χ0v) is 17.0. The maximum Gasteiger partial charge on any atom is 0.259 e. The van der Waals surface area contributed by atoms with Crippen molar-refractivity contribution in [3.05, 3.63) is 90.5 Å². The first-order chi connectivity index (χ1) is 15.3. The third-order valence-electron chi connectivity index (χ3n) is 5.53. The fourth-order valence-corrected chi connectivity index (χ4v) is 3.87. The van der Waals surface area contributed by atoms with E-state index in [1.54, 1.807) is 0 Å². The number of rotatable bonds is 4. The van der Waals surface area contributed by atoms with Gasteiger partial charge in [0.2, 0.25) is 5.82 Å². The second-order valence-corrected chi connectivity index (χ2v) is 7.45. The molecule has 0 aliphatic carbocycles. The highest BCUT2D eigenvalue weighted by atomic mass is 16.5. The highest BCUT2D eigenvalue weighted by molar-refractivity contribution is 6.00. The summed E-state index contributed by atoms with van der Waals surface area (Å²) in [5.41, 5.74) is 3.30. The maximum absolute atomic E-state index is 13.3. The van der Waals surface area contributed by atoms with Crippen molar-refractivity contribution in [1.29, 1.82) is 0 Å². The minimum absolute atomic E-state index is 0.0113. The number of anilines is 1. The second kappa shape index (κ2) is 8.44. The van der Waals surface area contributed by atoms with Gasteiger partial charge in [-0.3, -0.25) is 4.79 Å². The molecule has 1 saturated heterocycles. The molecule has 0 bridgehead atoms. The van der Waals surface area contributed by atoms with Gasteiger partial charge in [0.1, 0.15) is 0 Å². The number of piperazine rings is 1. The van der Waals surface area contributed by atoms with Crippen LogP contribution in [0, 0.1) is 0 Å². The highest BCUT2D eigenvalue weighted by Crippen LogP contribution is 2.26. The van der Waals surface area contributed by atoms with E-state index < -0.39 is 0 Å². The van der Waals surface area contributed by atoms with E-state index in [2.05, 4.69) is 27.2 Å². The van der Waals surface area contributed by atoms with Gasteiger partial charge in [-0.1, -0.05) is 65.8 Å². The van der Waals surface area contributed by atoms with Gasteiger partial charge in [-0.15, -0.1) is 0 Å². The molecule has 154 valence electrons. The molecule has 1 aliphatic rings. The van der Waals surface area contributed by atoms with Crippen molar-refractivity contribution in [2.75, 3.05) is 31.1 Å². The molecule has 4 aromatic rings. The maximum atomic E-state index is 13.3. The molecule has 6 nitrogen and oxygen atoms in total. The van der Waals surface area contributed by atoms with Crippen molar-refractivity contribution in [3.63, 3.8) is 0 Å². The van der Waals surface area contributed by atoms with Crippen LogP contribution in [0.4, 0.5) is 5.69 Å². The average Bonchev–Trinajstić information content (AvgIpc) is 3.35. The fraction of sp³-hybridized carbons (Fsp3) is 0.160. The van der Waals surface area contributed by atoms with Gasteiger partial charge in [0.15, 0.2) is 0 Å². The molecule has 0 spiro atoms. The Morgan fingerprint density at radius 3 is 2.16 bits per heavy atom. The first kappa shape index (κ1) is 19.1. The summed E-state index contributed by atoms with van der Waals surface area (Å²) < 4.78 is 5.52. The van der Waals surface area contributed by atoms with Crippen LogP contribution in [0.25, 0.3) is 22.8 Å². The molecule has 1 aliphatic heterocycles. The number of para-hydroxylation sites is 1. The molecule has 1 amide bonds. The summed E-state index contributed by atoms with van der Waals surface area (Å²) in [7, 11) is 0. The van der Waals surface area contributed by atoms with Gasteiger partial charge in [0.25, 0.3) is 11.8 Å². The van der Waals surface area contributed by atoms with E-state index in [1.807, 2.05) is 77.7 Å². The molecule has 31 heavy (non-hydrogen) atoms. The Labute approximate surface area is 180 Å². The van der Waals surface area contributed by atoms with Crippen LogP contribution in [0.3, 0.4) is 0 Å². The van der Waals surface area contributed by atoms with E-state index in [1.165, 1.54) is 5.69 Å². The first-order valence-electron chi connectivity index (χ1n) is 10.4. The van der Waals surface area contributed by atoms with Crippen LogP contribution >= 0.6 is 0 Å². The Morgan fingerprint density at radius 2 is 1.42 bits per heavy atom. The quantitative estimate of drug-likeness (QED) is 0.500. The predicted molar refractivity (Wildman–Crippen MR) is 120 cm³/mol. The summed E-state index contributed by atoms with van der Waals surface area (Å²) in [6, 6.07) is 27.4. The Hall–Kier alpha value is -3.93. The molecule has 1 aromatic heterocycles. The summed E-state index contributed by atoms with van der Waals surface area (Å²) in [6.07, 6.45) is 0. The van der Waals surface area contributed by atoms with Crippen molar-refractivity contribution in [2.24, 2.45) is 0 Å². The van der Waals surface area contributed by atoms with Crippen LogP contribution in [0.5, 0.6) is 0 Å². The van der Waals surface area contributed by atoms with Crippen molar-refractivity contribution in [3.8, 4) is 22.8 Å². The van der Waals surface area contributed by atoms with Crippen LogP contribution in [-0.4, -0.2) is 47.1 Å². The minimum Gasteiger partial charge on any atom is -0.368 e. The Balaban J connectivity index is 1.35. The van der Waals surface area contributed by atoms with Crippen LogP contribution in [0.15, 0.2) is 89.5 Å². The number of nitrogens with zero attached hydrogens (tertiary/aromatic N) is 4. The largest absolute Gasteiger partial charge is 0.368 e. The lowest BCUT2D eigenvalue weighted by molar-refractivity contribution is 0.0747. The Kier molecular flexibility index (Phi) is 5.19. The van der Waals surface area contributed by atoms with Gasteiger partial charge in [0.05, 0.1) is 11.1 Å². The Morgan fingerprint density at radius 1 is 0.774 bits per heavy atom. The molecule has 3 aromatic carbocycles. The van der Waals surface area contributed by atoms with E-state index in [4.69, 9.17) is 4.52 Å². The molecule has 1 fully saturated rings. The van der Waals surface area contributed by atoms with Crippen molar-refractivity contribution < 1.29 is 9.32 Å². The summed E-state index contributed by atoms with van der Waals surface area (Å²) >= 11 is 0. The third-order valence-corrected chi connectivity index (χ3v) is 5.53. The third kappa shape index (κ3) is 3.92. The zero-order valence-electron chi connectivity index (χ0n) is 17.0. The average molecular weight is 410 g/mol. The van der Waals surface area contributed by atoms with Gasteiger partial charge >= 0.3 is 0 Å². The van der Waals surface area contributed by atoms with Gasteiger partial charge < -0.3 is 14.3 Å². The van der Waals surface area contributed by atoms with Crippen molar-refractivity contribution >= 4 is 11.6 Å². The molecule has 0 atom stereocenters. The monoisotopic (exact) mass is 410 g/mol. The summed E-state index contributed by atoms with van der Waals surface area (Å²) in [5, 5.41) is 4.10. The lowest BCUT2D eigenvalue weighted by atomic mass is 10.1. The standard InChI is InChI=1S/C25H22N4O2/c30-25(29-17-15-28(16-18-29)20-11-5-2-6-12-20)22-14-8-7-13-21(22)24-26-23(27-31-24)19-9-3-1-4-10-19/h1-14H,15-18H2. The van der Waals surface area contributed by atoms with Gasteiger partial charge in [0, 0.05) is 37.4 Å². The number of hydrogen-bond acceptors (Lipinski definition) is 5. The lowest BCUT2D eigenvalue weighted by Crippen LogP contribution is -2.48. The number of hydrogen-bond donors (Lipinski definition) is 0. The first-order valence-corrected chi connectivity index (χ1v) is 10.4. The molecule has 0 N–H and O–H groups in total.